The molecule has 0 spiro atoms. The van der Waals surface area contributed by atoms with Gasteiger partial charge in [-0.15, -0.1) is 0 Å². The normalized spacial score (nSPS) is 13.4. The van der Waals surface area contributed by atoms with Gasteiger partial charge in [0.05, 0.1) is 6.04 Å². The topological polar surface area (TPSA) is 26.0 Å². The monoisotopic (exact) mass is 209 g/mol. The summed E-state index contributed by atoms with van der Waals surface area (Å²) in [6, 6.07) is 1.67. The first-order chi connectivity index (χ1) is 6.02. The summed E-state index contributed by atoms with van der Waals surface area (Å²) in [6.07, 6.45) is -2.75. The van der Waals surface area contributed by atoms with Crippen molar-refractivity contribution in [2.24, 2.45) is 5.73 Å². The van der Waals surface area contributed by atoms with Crippen molar-refractivity contribution in [3.63, 3.8) is 0 Å². The number of alkyl halides is 2. The van der Waals surface area contributed by atoms with Gasteiger partial charge in [-0.25, -0.2) is 13.2 Å². The average Bonchev–Trinajstić information content (AvgIpc) is 2.08. The van der Waals surface area contributed by atoms with Crippen LogP contribution in [-0.4, -0.2) is 6.43 Å². The first-order valence-corrected chi connectivity index (χ1v) is 3.89. The summed E-state index contributed by atoms with van der Waals surface area (Å²) < 4.78 is 36.9. The minimum Gasteiger partial charge on any atom is -0.319 e. The molecule has 2 N–H and O–H groups in total. The van der Waals surface area contributed by atoms with Crippen LogP contribution < -0.4 is 5.73 Å². The molecule has 0 radical (unpaired) electrons. The molecule has 0 fully saturated rings. The molecule has 1 atom stereocenters. The third-order valence-corrected chi connectivity index (χ3v) is 1.93. The Morgan fingerprint density at radius 2 is 1.92 bits per heavy atom. The summed E-state index contributed by atoms with van der Waals surface area (Å²) in [5.74, 6) is -0.629. The van der Waals surface area contributed by atoms with Crippen molar-refractivity contribution in [1.29, 1.82) is 0 Å². The molecular formula is C8H7ClF3N. The maximum absolute atomic E-state index is 12.6. The second kappa shape index (κ2) is 3.98. The summed E-state index contributed by atoms with van der Waals surface area (Å²) in [5.41, 5.74) is 5.03. The molecule has 1 aromatic rings. The molecule has 0 bridgehead atoms. The zero-order chi connectivity index (χ0) is 10.0. The molecule has 0 heterocycles. The van der Waals surface area contributed by atoms with Gasteiger partial charge in [0.2, 0.25) is 0 Å². The number of hydrogen-bond acceptors (Lipinski definition) is 1. The van der Waals surface area contributed by atoms with Gasteiger partial charge in [0, 0.05) is 5.02 Å². The molecule has 0 saturated heterocycles. The van der Waals surface area contributed by atoms with Crippen molar-refractivity contribution in [2.75, 3.05) is 0 Å². The van der Waals surface area contributed by atoms with E-state index in [0.29, 0.717) is 0 Å². The van der Waals surface area contributed by atoms with Crippen LogP contribution in [0.5, 0.6) is 0 Å². The van der Waals surface area contributed by atoms with Crippen LogP contribution in [0.3, 0.4) is 0 Å². The first-order valence-electron chi connectivity index (χ1n) is 3.51. The quantitative estimate of drug-likeness (QED) is 0.796. The number of halogens is 4. The van der Waals surface area contributed by atoms with Gasteiger partial charge in [-0.3, -0.25) is 0 Å². The fourth-order valence-corrected chi connectivity index (χ4v) is 1.15. The minimum absolute atomic E-state index is 0.0502. The van der Waals surface area contributed by atoms with Crippen LogP contribution in [0.15, 0.2) is 18.2 Å². The molecule has 0 aliphatic heterocycles. The fraction of sp³-hybridized carbons (Fsp3) is 0.250. The molecular weight excluding hydrogens is 203 g/mol. The lowest BCUT2D eigenvalue weighted by molar-refractivity contribution is 0.116. The van der Waals surface area contributed by atoms with Crippen LogP contribution in [-0.2, 0) is 0 Å². The molecule has 1 rings (SSSR count). The summed E-state index contributed by atoms with van der Waals surface area (Å²) in [5, 5.41) is 0.0502. The number of nitrogens with two attached hydrogens (primary N) is 1. The van der Waals surface area contributed by atoms with E-state index in [1.807, 2.05) is 0 Å². The zero-order valence-electron chi connectivity index (χ0n) is 6.48. The molecule has 0 unspecified atom stereocenters. The number of benzene rings is 1. The van der Waals surface area contributed by atoms with Crippen molar-refractivity contribution < 1.29 is 13.2 Å². The lowest BCUT2D eigenvalue weighted by Gasteiger charge is -2.12. The number of rotatable bonds is 2. The van der Waals surface area contributed by atoms with Crippen molar-refractivity contribution in [2.45, 2.75) is 12.5 Å². The smallest absolute Gasteiger partial charge is 0.257 e. The van der Waals surface area contributed by atoms with E-state index in [0.717, 1.165) is 12.1 Å². The van der Waals surface area contributed by atoms with Crippen molar-refractivity contribution in [3.8, 4) is 0 Å². The minimum atomic E-state index is -2.75. The van der Waals surface area contributed by atoms with Crippen molar-refractivity contribution in [1.82, 2.24) is 0 Å². The van der Waals surface area contributed by atoms with Gasteiger partial charge in [-0.2, -0.15) is 0 Å². The molecule has 72 valence electrons. The maximum Gasteiger partial charge on any atom is 0.257 e. The molecule has 13 heavy (non-hydrogen) atoms. The van der Waals surface area contributed by atoms with Crippen LogP contribution in [0, 0.1) is 5.82 Å². The van der Waals surface area contributed by atoms with Crippen LogP contribution in [0.25, 0.3) is 0 Å². The van der Waals surface area contributed by atoms with E-state index in [1.54, 1.807) is 0 Å². The Labute approximate surface area is 78.3 Å². The van der Waals surface area contributed by atoms with Gasteiger partial charge in [0.15, 0.2) is 0 Å². The van der Waals surface area contributed by atoms with Gasteiger partial charge in [0.25, 0.3) is 6.43 Å². The Hall–Kier alpha value is -0.740. The highest BCUT2D eigenvalue weighted by Crippen LogP contribution is 2.26. The standard InChI is InChI=1S/C8H7ClF3N/c9-6-2-1-4(10)3-5(6)7(13)8(11)12/h1-3,7-8H,13H2/t7-/m0/s1. The van der Waals surface area contributed by atoms with E-state index in [9.17, 15) is 13.2 Å². The van der Waals surface area contributed by atoms with Crippen molar-refractivity contribution in [3.05, 3.63) is 34.6 Å². The maximum atomic E-state index is 12.6. The Balaban J connectivity index is 3.05. The second-order valence-electron chi connectivity index (χ2n) is 2.53. The lowest BCUT2D eigenvalue weighted by atomic mass is 10.1. The Bertz CT molecular complexity index is 303. The van der Waals surface area contributed by atoms with E-state index >= 15 is 0 Å². The van der Waals surface area contributed by atoms with Gasteiger partial charge in [-0.1, -0.05) is 11.6 Å². The third-order valence-electron chi connectivity index (χ3n) is 1.59. The predicted octanol–water partition coefficient (Wildman–Crippen LogP) is 2.74. The second-order valence-corrected chi connectivity index (χ2v) is 2.93. The lowest BCUT2D eigenvalue weighted by Crippen LogP contribution is -2.19. The van der Waals surface area contributed by atoms with Gasteiger partial charge in [0.1, 0.15) is 5.82 Å². The Morgan fingerprint density at radius 1 is 1.31 bits per heavy atom. The highest BCUT2D eigenvalue weighted by atomic mass is 35.5. The fourth-order valence-electron chi connectivity index (χ4n) is 0.906. The summed E-state index contributed by atoms with van der Waals surface area (Å²) in [6.45, 7) is 0. The SMILES string of the molecule is N[C@@H](c1cc(F)ccc1Cl)C(F)F. The van der Waals surface area contributed by atoms with Crippen molar-refractivity contribution >= 4 is 11.6 Å². The molecule has 1 nitrogen and oxygen atoms in total. The number of hydrogen-bond donors (Lipinski definition) is 1. The third kappa shape index (κ3) is 2.35. The van der Waals surface area contributed by atoms with E-state index < -0.39 is 18.3 Å². The summed E-state index contributed by atoms with van der Waals surface area (Å²) in [7, 11) is 0. The molecule has 1 aromatic carbocycles. The van der Waals surface area contributed by atoms with E-state index in [-0.39, 0.29) is 10.6 Å². The molecule has 0 saturated carbocycles. The highest BCUT2D eigenvalue weighted by Gasteiger charge is 2.20. The average molecular weight is 210 g/mol. The zero-order valence-corrected chi connectivity index (χ0v) is 7.23. The van der Waals surface area contributed by atoms with Gasteiger partial charge >= 0.3 is 0 Å². The molecule has 0 aromatic heterocycles. The van der Waals surface area contributed by atoms with Crippen LogP contribution in [0.1, 0.15) is 11.6 Å². The van der Waals surface area contributed by atoms with E-state index in [1.165, 1.54) is 6.07 Å². The summed E-state index contributed by atoms with van der Waals surface area (Å²) in [4.78, 5) is 0. The van der Waals surface area contributed by atoms with Gasteiger partial charge < -0.3 is 5.73 Å². The van der Waals surface area contributed by atoms with Crippen LogP contribution in [0.4, 0.5) is 13.2 Å². The van der Waals surface area contributed by atoms with Crippen LogP contribution in [0.2, 0.25) is 5.02 Å². The first kappa shape index (κ1) is 10.3. The van der Waals surface area contributed by atoms with E-state index in [4.69, 9.17) is 17.3 Å². The van der Waals surface area contributed by atoms with E-state index in [2.05, 4.69) is 0 Å². The Kier molecular flexibility index (Phi) is 3.17. The van der Waals surface area contributed by atoms with Crippen LogP contribution >= 0.6 is 11.6 Å². The van der Waals surface area contributed by atoms with Gasteiger partial charge in [-0.05, 0) is 23.8 Å². The Morgan fingerprint density at radius 3 is 2.46 bits per heavy atom. The molecule has 5 heteroatoms. The molecule has 0 aliphatic carbocycles. The highest BCUT2D eigenvalue weighted by molar-refractivity contribution is 6.31. The predicted molar refractivity (Wildman–Crippen MR) is 44.3 cm³/mol. The molecule has 0 amide bonds. The largest absolute Gasteiger partial charge is 0.319 e. The summed E-state index contributed by atoms with van der Waals surface area (Å²) >= 11 is 5.56. The molecule has 0 aliphatic rings.